The Kier molecular flexibility index (Phi) is 5.79. The molecular formula is C23H24FN3O4. The van der Waals surface area contributed by atoms with Crippen LogP contribution in [-0.4, -0.2) is 44.1 Å². The van der Waals surface area contributed by atoms with E-state index in [0.717, 1.165) is 36.5 Å². The molecule has 0 spiro atoms. The molecule has 2 heterocycles. The SMILES string of the molecule is COc1cc(N2CCCC2)c(OC)cc1/C=C1\NC(=O)N(Cc2ccccc2F)C1=O. The van der Waals surface area contributed by atoms with Gasteiger partial charge in [-0.2, -0.15) is 0 Å². The van der Waals surface area contributed by atoms with Crippen molar-refractivity contribution in [3.8, 4) is 11.5 Å². The van der Waals surface area contributed by atoms with Gasteiger partial charge in [0.15, 0.2) is 0 Å². The number of nitrogens with zero attached hydrogens (tertiary/aromatic N) is 2. The number of amides is 3. The van der Waals surface area contributed by atoms with E-state index in [1.807, 2.05) is 6.07 Å². The molecule has 2 aliphatic rings. The molecule has 162 valence electrons. The van der Waals surface area contributed by atoms with Crippen LogP contribution in [0, 0.1) is 5.82 Å². The summed E-state index contributed by atoms with van der Waals surface area (Å²) >= 11 is 0. The Morgan fingerprint density at radius 1 is 1.06 bits per heavy atom. The van der Waals surface area contributed by atoms with E-state index in [2.05, 4.69) is 10.2 Å². The van der Waals surface area contributed by atoms with E-state index in [1.165, 1.54) is 6.07 Å². The lowest BCUT2D eigenvalue weighted by atomic mass is 10.1. The van der Waals surface area contributed by atoms with Crippen LogP contribution in [-0.2, 0) is 11.3 Å². The zero-order valence-corrected chi connectivity index (χ0v) is 17.5. The lowest BCUT2D eigenvalue weighted by Crippen LogP contribution is -2.30. The van der Waals surface area contributed by atoms with Crippen molar-refractivity contribution in [2.75, 3.05) is 32.2 Å². The molecule has 2 aromatic carbocycles. The summed E-state index contributed by atoms with van der Waals surface area (Å²) in [6.45, 7) is 1.74. The highest BCUT2D eigenvalue weighted by Gasteiger charge is 2.34. The van der Waals surface area contributed by atoms with Crippen LogP contribution < -0.4 is 19.7 Å². The number of halogens is 1. The Bertz CT molecular complexity index is 1050. The Balaban J connectivity index is 1.64. The van der Waals surface area contributed by atoms with Crippen LogP contribution in [0.4, 0.5) is 14.9 Å². The maximum Gasteiger partial charge on any atom is 0.329 e. The van der Waals surface area contributed by atoms with E-state index in [0.29, 0.717) is 17.1 Å². The van der Waals surface area contributed by atoms with E-state index in [4.69, 9.17) is 9.47 Å². The van der Waals surface area contributed by atoms with Crippen molar-refractivity contribution in [3.05, 3.63) is 59.0 Å². The number of carbonyl (C=O) groups is 2. The topological polar surface area (TPSA) is 71.1 Å². The Morgan fingerprint density at radius 2 is 1.77 bits per heavy atom. The smallest absolute Gasteiger partial charge is 0.329 e. The number of rotatable bonds is 6. The molecule has 2 aromatic rings. The molecule has 0 unspecified atom stereocenters. The number of anilines is 1. The average Bonchev–Trinajstić information content (AvgIpc) is 3.39. The van der Waals surface area contributed by atoms with E-state index < -0.39 is 17.8 Å². The van der Waals surface area contributed by atoms with E-state index in [1.54, 1.807) is 44.6 Å². The first-order chi connectivity index (χ1) is 15.0. The quantitative estimate of drug-likeness (QED) is 0.566. The molecule has 0 bridgehead atoms. The van der Waals surface area contributed by atoms with Crippen LogP contribution in [0.1, 0.15) is 24.0 Å². The fraction of sp³-hybridized carbons (Fsp3) is 0.304. The number of hydrogen-bond acceptors (Lipinski definition) is 5. The maximum absolute atomic E-state index is 14.0. The summed E-state index contributed by atoms with van der Waals surface area (Å²) in [7, 11) is 3.15. The van der Waals surface area contributed by atoms with Crippen molar-refractivity contribution in [2.45, 2.75) is 19.4 Å². The second-order valence-corrected chi connectivity index (χ2v) is 7.43. The number of ether oxygens (including phenoxy) is 2. The molecule has 3 amide bonds. The molecule has 0 aliphatic carbocycles. The number of hydrogen-bond donors (Lipinski definition) is 1. The molecule has 7 nitrogen and oxygen atoms in total. The molecular weight excluding hydrogens is 401 g/mol. The lowest BCUT2D eigenvalue weighted by molar-refractivity contribution is -0.123. The largest absolute Gasteiger partial charge is 0.496 e. The number of methoxy groups -OCH3 is 2. The first kappa shape index (κ1) is 20.7. The van der Waals surface area contributed by atoms with Crippen LogP contribution >= 0.6 is 0 Å². The molecule has 31 heavy (non-hydrogen) atoms. The van der Waals surface area contributed by atoms with Gasteiger partial charge in [0.2, 0.25) is 0 Å². The van der Waals surface area contributed by atoms with Crippen molar-refractivity contribution in [2.24, 2.45) is 0 Å². The number of urea groups is 1. The standard InChI is InChI=1S/C23H24FN3O4/c1-30-20-13-19(26-9-5-6-10-26)21(31-2)12-16(20)11-18-22(28)27(23(29)25-18)14-15-7-3-4-8-17(15)24/h3-4,7-8,11-13H,5-6,9-10,14H2,1-2H3,(H,25,29)/b18-11-. The predicted octanol–water partition coefficient (Wildman–Crippen LogP) is 3.54. The molecule has 0 saturated carbocycles. The van der Waals surface area contributed by atoms with Crippen LogP contribution in [0.25, 0.3) is 6.08 Å². The molecule has 4 rings (SSSR count). The fourth-order valence-electron chi connectivity index (χ4n) is 3.89. The second-order valence-electron chi connectivity index (χ2n) is 7.43. The first-order valence-electron chi connectivity index (χ1n) is 10.1. The van der Waals surface area contributed by atoms with Gasteiger partial charge in [0.1, 0.15) is 23.0 Å². The monoisotopic (exact) mass is 425 g/mol. The Hall–Kier alpha value is -3.55. The zero-order valence-electron chi connectivity index (χ0n) is 17.5. The van der Waals surface area contributed by atoms with Crippen LogP contribution in [0.3, 0.4) is 0 Å². The number of benzene rings is 2. The highest BCUT2D eigenvalue weighted by molar-refractivity contribution is 6.14. The van der Waals surface area contributed by atoms with Gasteiger partial charge in [0.25, 0.3) is 5.91 Å². The maximum atomic E-state index is 14.0. The van der Waals surface area contributed by atoms with Crippen LogP contribution in [0.5, 0.6) is 11.5 Å². The molecule has 8 heteroatoms. The van der Waals surface area contributed by atoms with Gasteiger partial charge in [-0.15, -0.1) is 0 Å². The third-order valence-corrected chi connectivity index (χ3v) is 5.53. The minimum atomic E-state index is -0.598. The van der Waals surface area contributed by atoms with Gasteiger partial charge in [0, 0.05) is 30.3 Å². The van der Waals surface area contributed by atoms with Gasteiger partial charge in [0.05, 0.1) is 26.5 Å². The molecule has 0 aromatic heterocycles. The fourth-order valence-corrected chi connectivity index (χ4v) is 3.89. The zero-order chi connectivity index (χ0) is 22.0. The van der Waals surface area contributed by atoms with Gasteiger partial charge in [-0.25, -0.2) is 9.18 Å². The van der Waals surface area contributed by atoms with Crippen LogP contribution in [0.2, 0.25) is 0 Å². The summed E-state index contributed by atoms with van der Waals surface area (Å²) in [6.07, 6.45) is 3.79. The molecule has 0 radical (unpaired) electrons. The van der Waals surface area contributed by atoms with Gasteiger partial charge in [-0.3, -0.25) is 9.69 Å². The highest BCUT2D eigenvalue weighted by atomic mass is 19.1. The van der Waals surface area contributed by atoms with Gasteiger partial charge < -0.3 is 19.7 Å². The minimum absolute atomic E-state index is 0.0932. The Morgan fingerprint density at radius 3 is 2.45 bits per heavy atom. The van der Waals surface area contributed by atoms with Gasteiger partial charge in [-0.05, 0) is 31.1 Å². The normalized spacial score (nSPS) is 17.5. The molecule has 0 atom stereocenters. The molecule has 1 N–H and O–H groups in total. The minimum Gasteiger partial charge on any atom is -0.496 e. The average molecular weight is 425 g/mol. The van der Waals surface area contributed by atoms with Crippen molar-refractivity contribution in [1.29, 1.82) is 0 Å². The first-order valence-corrected chi connectivity index (χ1v) is 10.1. The van der Waals surface area contributed by atoms with E-state index in [9.17, 15) is 14.0 Å². The molecule has 2 aliphatic heterocycles. The number of carbonyl (C=O) groups excluding carboxylic acids is 2. The third kappa shape index (κ3) is 4.05. The summed E-state index contributed by atoms with van der Waals surface area (Å²) in [4.78, 5) is 28.4. The van der Waals surface area contributed by atoms with Crippen molar-refractivity contribution < 1.29 is 23.5 Å². The summed E-state index contributed by atoms with van der Waals surface area (Å²) in [5.41, 5.74) is 1.89. The van der Waals surface area contributed by atoms with Crippen molar-refractivity contribution in [1.82, 2.24) is 10.2 Å². The third-order valence-electron chi connectivity index (χ3n) is 5.53. The van der Waals surface area contributed by atoms with E-state index in [-0.39, 0.29) is 17.8 Å². The number of nitrogens with one attached hydrogen (secondary N) is 1. The molecule has 2 saturated heterocycles. The van der Waals surface area contributed by atoms with Crippen LogP contribution in [0.15, 0.2) is 42.1 Å². The summed E-state index contributed by atoms with van der Waals surface area (Å²) in [5, 5.41) is 2.57. The highest BCUT2D eigenvalue weighted by Crippen LogP contribution is 2.38. The molecule has 2 fully saturated rings. The number of imide groups is 1. The summed E-state index contributed by atoms with van der Waals surface area (Å²) in [6, 6.07) is 9.13. The van der Waals surface area contributed by atoms with Crippen molar-refractivity contribution in [3.63, 3.8) is 0 Å². The Labute approximate surface area is 180 Å². The summed E-state index contributed by atoms with van der Waals surface area (Å²) in [5.74, 6) is 0.224. The lowest BCUT2D eigenvalue weighted by Gasteiger charge is -2.22. The van der Waals surface area contributed by atoms with E-state index >= 15 is 0 Å². The van der Waals surface area contributed by atoms with Gasteiger partial charge >= 0.3 is 6.03 Å². The van der Waals surface area contributed by atoms with Gasteiger partial charge in [-0.1, -0.05) is 18.2 Å². The summed E-state index contributed by atoms with van der Waals surface area (Å²) < 4.78 is 25.1. The van der Waals surface area contributed by atoms with Crippen molar-refractivity contribution >= 4 is 23.7 Å². The predicted molar refractivity (Wildman–Crippen MR) is 114 cm³/mol. The second kappa shape index (κ2) is 8.67.